The summed E-state index contributed by atoms with van der Waals surface area (Å²) >= 11 is 8.17. The van der Waals surface area contributed by atoms with Crippen LogP contribution in [0.25, 0.3) is 0 Å². The maximum Gasteiger partial charge on any atom is 2.00 e. The van der Waals surface area contributed by atoms with E-state index in [1.54, 1.807) is 12.5 Å². The largest absolute Gasteiger partial charge is 2.00 e. The Morgan fingerprint density at radius 2 is 0.800 bits per heavy atom. The number of hydrogen-bond acceptors (Lipinski definition) is 2. The maximum absolute atomic E-state index is 4.08. The van der Waals surface area contributed by atoms with Crippen molar-refractivity contribution < 1.29 is 17.1 Å². The Kier molecular flexibility index (Phi) is 204. The van der Waals surface area contributed by atoms with Crippen molar-refractivity contribution in [2.75, 3.05) is 12.5 Å². The second-order valence-electron chi connectivity index (χ2n) is 0. The van der Waals surface area contributed by atoms with E-state index in [-0.39, 0.29) is 17.1 Å². The van der Waals surface area contributed by atoms with Crippen molar-refractivity contribution in [2.24, 2.45) is 0 Å². The molecule has 0 aliphatic heterocycles. The average Bonchev–Trinajstić information content (AvgIpc) is 1.50. The van der Waals surface area contributed by atoms with Crippen molar-refractivity contribution in [3.63, 3.8) is 0 Å². The van der Waals surface area contributed by atoms with Gasteiger partial charge in [-0.15, -0.1) is 0 Å². The molecular formula is C2H6CuS2. The Morgan fingerprint density at radius 1 is 0.800 bits per heavy atom. The molecule has 1 radical (unpaired) electrons. The van der Waals surface area contributed by atoms with E-state index in [1.165, 1.54) is 0 Å². The molecule has 0 N–H and O–H groups in total. The Morgan fingerprint density at radius 3 is 0.800 bits per heavy atom. The third kappa shape index (κ3) is 36.4. The van der Waals surface area contributed by atoms with Gasteiger partial charge < -0.3 is 25.3 Å². The van der Waals surface area contributed by atoms with E-state index in [1.807, 2.05) is 0 Å². The monoisotopic (exact) mass is 157 g/mol. The molecule has 0 aromatic heterocycles. The molecule has 0 atom stereocenters. The molecule has 5 heavy (non-hydrogen) atoms. The first-order chi connectivity index (χ1) is 2.00. The van der Waals surface area contributed by atoms with Crippen LogP contribution in [0, 0.1) is 0 Å². The molecule has 0 fully saturated rings. The Labute approximate surface area is 55.0 Å². The third-order valence-electron chi connectivity index (χ3n) is 0. The van der Waals surface area contributed by atoms with Crippen LogP contribution >= 0.6 is 0 Å². The van der Waals surface area contributed by atoms with Gasteiger partial charge in [-0.1, -0.05) is 0 Å². The van der Waals surface area contributed by atoms with Crippen LogP contribution in [0.4, 0.5) is 0 Å². The third-order valence-corrected chi connectivity index (χ3v) is 0. The van der Waals surface area contributed by atoms with Crippen LogP contribution in [0.15, 0.2) is 0 Å². The second-order valence-corrected chi connectivity index (χ2v) is 0. The van der Waals surface area contributed by atoms with E-state index in [4.69, 9.17) is 0 Å². The minimum absolute atomic E-state index is 0. The van der Waals surface area contributed by atoms with Gasteiger partial charge in [-0.25, -0.2) is 0 Å². The minimum atomic E-state index is 0. The predicted molar refractivity (Wildman–Crippen MR) is 26.6 cm³/mol. The molecular weight excluding hydrogens is 152 g/mol. The predicted octanol–water partition coefficient (Wildman–Crippen LogP) is 0.324. The fraction of sp³-hybridized carbons (Fsp3) is 1.00. The summed E-state index contributed by atoms with van der Waals surface area (Å²) in [6, 6.07) is 0. The summed E-state index contributed by atoms with van der Waals surface area (Å²) in [6.07, 6.45) is 3.17. The smallest absolute Gasteiger partial charge is 0.796 e. The van der Waals surface area contributed by atoms with Gasteiger partial charge in [-0.3, -0.25) is 0 Å². The van der Waals surface area contributed by atoms with Crippen molar-refractivity contribution in [3.8, 4) is 0 Å². The van der Waals surface area contributed by atoms with Crippen molar-refractivity contribution in [1.29, 1.82) is 0 Å². The zero-order chi connectivity index (χ0) is 4.00. The van der Waals surface area contributed by atoms with Crippen LogP contribution in [0.3, 0.4) is 0 Å². The van der Waals surface area contributed by atoms with Crippen LogP contribution in [-0.4, -0.2) is 12.5 Å². The van der Waals surface area contributed by atoms with E-state index in [2.05, 4.69) is 25.3 Å². The van der Waals surface area contributed by atoms with Gasteiger partial charge in [0.15, 0.2) is 0 Å². The maximum atomic E-state index is 4.08. The first-order valence-electron chi connectivity index (χ1n) is 0.816. The molecule has 0 bridgehead atoms. The first-order valence-corrected chi connectivity index (χ1v) is 2.45. The summed E-state index contributed by atoms with van der Waals surface area (Å²) in [5.41, 5.74) is 0. The van der Waals surface area contributed by atoms with Gasteiger partial charge in [0.05, 0.1) is 0 Å². The van der Waals surface area contributed by atoms with E-state index in [0.29, 0.717) is 0 Å². The van der Waals surface area contributed by atoms with E-state index < -0.39 is 0 Å². The molecule has 0 unspecified atom stereocenters. The first kappa shape index (κ1) is 16.3. The molecule has 0 aliphatic carbocycles. The second kappa shape index (κ2) is 62.5. The zero-order valence-corrected chi connectivity index (χ0v) is 5.69. The van der Waals surface area contributed by atoms with E-state index in [0.717, 1.165) is 0 Å². The summed E-state index contributed by atoms with van der Waals surface area (Å²) in [5, 5.41) is 0. The SMILES string of the molecule is C[S-].C[S-].[Cu+2]. The van der Waals surface area contributed by atoms with Gasteiger partial charge >= 0.3 is 17.1 Å². The summed E-state index contributed by atoms with van der Waals surface area (Å²) in [7, 11) is 0. The van der Waals surface area contributed by atoms with Crippen molar-refractivity contribution in [3.05, 3.63) is 0 Å². The van der Waals surface area contributed by atoms with Crippen molar-refractivity contribution >= 4 is 25.3 Å². The molecule has 0 spiro atoms. The molecule has 3 heteroatoms. The summed E-state index contributed by atoms with van der Waals surface area (Å²) in [5.74, 6) is 0. The van der Waals surface area contributed by atoms with Crippen LogP contribution in [-0.2, 0) is 42.3 Å². The number of rotatable bonds is 0. The van der Waals surface area contributed by atoms with E-state index in [9.17, 15) is 0 Å². The molecule has 0 heterocycles. The Bertz CT molecular complexity index is 7.61. The fourth-order valence-electron chi connectivity index (χ4n) is 0. The molecule has 0 nitrogen and oxygen atoms in total. The van der Waals surface area contributed by atoms with Crippen molar-refractivity contribution in [1.82, 2.24) is 0 Å². The zero-order valence-electron chi connectivity index (χ0n) is 3.12. The molecule has 0 aromatic carbocycles. The van der Waals surface area contributed by atoms with Crippen molar-refractivity contribution in [2.45, 2.75) is 0 Å². The molecule has 37 valence electrons. The van der Waals surface area contributed by atoms with Gasteiger partial charge in [0.1, 0.15) is 0 Å². The van der Waals surface area contributed by atoms with Crippen LogP contribution in [0.2, 0.25) is 0 Å². The Balaban J connectivity index is -0.0000000133. The van der Waals surface area contributed by atoms with Gasteiger partial charge in [0, 0.05) is 0 Å². The minimum Gasteiger partial charge on any atom is -0.796 e. The standard InChI is InChI=1S/2CH4S.Cu/c2*1-2;/h2*2H,1H3;/q;;+2/p-2. The van der Waals surface area contributed by atoms with Crippen LogP contribution in [0.1, 0.15) is 0 Å². The van der Waals surface area contributed by atoms with Gasteiger partial charge in [0.25, 0.3) is 0 Å². The fourth-order valence-corrected chi connectivity index (χ4v) is 0. The summed E-state index contributed by atoms with van der Waals surface area (Å²) in [4.78, 5) is 0. The molecule has 0 amide bonds. The topological polar surface area (TPSA) is 0 Å². The number of hydrogen-bond donors (Lipinski definition) is 0. The molecule has 0 saturated heterocycles. The quantitative estimate of drug-likeness (QED) is 0.367. The average molecular weight is 158 g/mol. The normalized spacial score (nSPS) is 2.40. The molecule has 0 aromatic rings. The Hall–Kier alpha value is 1.22. The molecule has 0 rings (SSSR count). The molecule has 0 aliphatic rings. The van der Waals surface area contributed by atoms with Gasteiger partial charge in [0.2, 0.25) is 0 Å². The summed E-state index contributed by atoms with van der Waals surface area (Å²) in [6.45, 7) is 0. The van der Waals surface area contributed by atoms with Gasteiger partial charge in [-0.05, 0) is 0 Å². The van der Waals surface area contributed by atoms with Crippen LogP contribution < -0.4 is 0 Å². The van der Waals surface area contributed by atoms with Crippen LogP contribution in [0.5, 0.6) is 0 Å². The van der Waals surface area contributed by atoms with E-state index >= 15 is 0 Å². The summed E-state index contributed by atoms with van der Waals surface area (Å²) < 4.78 is 0. The van der Waals surface area contributed by atoms with Gasteiger partial charge in [-0.2, -0.15) is 12.5 Å². The molecule has 0 saturated carbocycles.